The lowest BCUT2D eigenvalue weighted by molar-refractivity contribution is -0.138. The molecule has 3 aromatic rings. The van der Waals surface area contributed by atoms with Crippen molar-refractivity contribution in [2.24, 2.45) is 0 Å². The molecule has 132 valence electrons. The van der Waals surface area contributed by atoms with Crippen LogP contribution in [0.15, 0.2) is 65.5 Å². The molecule has 0 aliphatic carbocycles. The summed E-state index contributed by atoms with van der Waals surface area (Å²) in [5, 5.41) is 0. The van der Waals surface area contributed by atoms with Crippen molar-refractivity contribution >= 4 is 21.8 Å². The molecule has 1 aliphatic rings. The van der Waals surface area contributed by atoms with Gasteiger partial charge >= 0.3 is 0 Å². The molecule has 0 saturated carbocycles. The van der Waals surface area contributed by atoms with Gasteiger partial charge in [-0.25, -0.2) is 9.37 Å². The van der Waals surface area contributed by atoms with E-state index in [2.05, 4.69) is 20.9 Å². The monoisotopic (exact) mass is 413 g/mol. The number of fused-ring (bicyclic) bond motifs is 1. The van der Waals surface area contributed by atoms with E-state index < -0.39 is 6.04 Å². The fraction of sp³-hybridized carbons (Fsp3) is 0.200. The van der Waals surface area contributed by atoms with E-state index in [9.17, 15) is 9.18 Å². The van der Waals surface area contributed by atoms with Gasteiger partial charge in [-0.1, -0.05) is 40.2 Å². The Morgan fingerprint density at radius 1 is 1.15 bits per heavy atom. The number of amides is 1. The van der Waals surface area contributed by atoms with Crippen molar-refractivity contribution in [3.05, 3.63) is 88.2 Å². The Hall–Kier alpha value is -2.47. The molecule has 2 unspecified atom stereocenters. The molecule has 6 heteroatoms. The number of benzene rings is 2. The van der Waals surface area contributed by atoms with Gasteiger partial charge in [0.05, 0.1) is 24.6 Å². The van der Waals surface area contributed by atoms with E-state index in [0.29, 0.717) is 6.54 Å². The summed E-state index contributed by atoms with van der Waals surface area (Å²) in [5.74, 6) is -0.272. The molecule has 0 radical (unpaired) electrons. The zero-order valence-electron chi connectivity index (χ0n) is 14.1. The topological polar surface area (TPSA) is 38.1 Å². The Labute approximate surface area is 159 Å². The fourth-order valence-corrected chi connectivity index (χ4v) is 3.68. The molecule has 1 amide bonds. The lowest BCUT2D eigenvalue weighted by Crippen LogP contribution is -2.43. The number of hydrogen-bond donors (Lipinski definition) is 0. The van der Waals surface area contributed by atoms with E-state index in [1.807, 2.05) is 40.7 Å². The molecule has 0 spiro atoms. The summed E-state index contributed by atoms with van der Waals surface area (Å²) in [6, 6.07) is 13.5. The quantitative estimate of drug-likeness (QED) is 0.634. The molecule has 4 nitrogen and oxygen atoms in total. The van der Waals surface area contributed by atoms with Crippen LogP contribution in [0.2, 0.25) is 0 Å². The minimum absolute atomic E-state index is 0.00893. The van der Waals surface area contributed by atoms with Gasteiger partial charge in [-0.05, 0) is 42.3 Å². The largest absolute Gasteiger partial charge is 0.328 e. The average molecular weight is 414 g/mol. The van der Waals surface area contributed by atoms with Crippen molar-refractivity contribution in [1.29, 1.82) is 0 Å². The van der Waals surface area contributed by atoms with Gasteiger partial charge in [0.2, 0.25) is 0 Å². The van der Waals surface area contributed by atoms with Gasteiger partial charge in [0, 0.05) is 10.7 Å². The third-order valence-electron chi connectivity index (χ3n) is 4.88. The first-order valence-electron chi connectivity index (χ1n) is 8.36. The van der Waals surface area contributed by atoms with E-state index in [-0.39, 0.29) is 17.8 Å². The number of hydrogen-bond acceptors (Lipinski definition) is 2. The third kappa shape index (κ3) is 2.94. The van der Waals surface area contributed by atoms with Crippen LogP contribution in [0.1, 0.15) is 35.8 Å². The smallest absolute Gasteiger partial charge is 0.251 e. The first kappa shape index (κ1) is 17.0. The van der Waals surface area contributed by atoms with Crippen LogP contribution >= 0.6 is 15.9 Å². The second kappa shape index (κ2) is 6.68. The zero-order valence-corrected chi connectivity index (χ0v) is 15.7. The van der Waals surface area contributed by atoms with E-state index in [4.69, 9.17) is 0 Å². The summed E-state index contributed by atoms with van der Waals surface area (Å²) >= 11 is 3.44. The number of nitrogens with zero attached hydrogens (tertiary/aromatic N) is 3. The van der Waals surface area contributed by atoms with Crippen LogP contribution in [0.25, 0.3) is 0 Å². The molecular weight excluding hydrogens is 397 g/mol. The highest BCUT2D eigenvalue weighted by Gasteiger charge is 2.36. The van der Waals surface area contributed by atoms with Gasteiger partial charge in [-0.15, -0.1) is 0 Å². The maximum atomic E-state index is 13.3. The third-order valence-corrected chi connectivity index (χ3v) is 5.41. The van der Waals surface area contributed by atoms with Crippen molar-refractivity contribution in [2.75, 3.05) is 0 Å². The SMILES string of the molecule is CC(c1ccc(F)cc1)N1Cc2cncn2C(c2ccc(Br)cc2)C1=O. The van der Waals surface area contributed by atoms with E-state index in [1.54, 1.807) is 24.7 Å². The lowest BCUT2D eigenvalue weighted by Gasteiger charge is -2.38. The van der Waals surface area contributed by atoms with Gasteiger partial charge in [-0.3, -0.25) is 4.79 Å². The summed E-state index contributed by atoms with van der Waals surface area (Å²) in [6.45, 7) is 2.44. The highest BCUT2D eigenvalue weighted by atomic mass is 79.9. The molecule has 0 N–H and O–H groups in total. The Bertz CT molecular complexity index is 936. The van der Waals surface area contributed by atoms with Crippen LogP contribution in [0.4, 0.5) is 4.39 Å². The van der Waals surface area contributed by atoms with Crippen LogP contribution in [-0.4, -0.2) is 20.4 Å². The molecule has 1 aromatic heterocycles. The molecule has 0 fully saturated rings. The molecule has 0 saturated heterocycles. The van der Waals surface area contributed by atoms with Gasteiger partial charge in [0.25, 0.3) is 5.91 Å². The minimum atomic E-state index is -0.447. The number of imidazole rings is 1. The second-order valence-corrected chi connectivity index (χ2v) is 7.36. The highest BCUT2D eigenvalue weighted by molar-refractivity contribution is 9.10. The molecule has 2 aromatic carbocycles. The van der Waals surface area contributed by atoms with Crippen molar-refractivity contribution in [2.45, 2.75) is 25.6 Å². The van der Waals surface area contributed by atoms with Crippen LogP contribution in [-0.2, 0) is 11.3 Å². The maximum absolute atomic E-state index is 13.3. The summed E-state index contributed by atoms with van der Waals surface area (Å²) in [4.78, 5) is 19.4. The summed E-state index contributed by atoms with van der Waals surface area (Å²) in [6.07, 6.45) is 3.50. The average Bonchev–Trinajstić information content (AvgIpc) is 3.10. The molecule has 2 atom stereocenters. The number of rotatable bonds is 3. The van der Waals surface area contributed by atoms with Gasteiger partial charge in [0.1, 0.15) is 11.9 Å². The Kier molecular flexibility index (Phi) is 4.36. The molecular formula is C20H17BrFN3O. The molecule has 2 heterocycles. The molecule has 4 rings (SSSR count). The van der Waals surface area contributed by atoms with Crippen LogP contribution in [0, 0.1) is 5.82 Å². The molecule has 1 aliphatic heterocycles. The van der Waals surface area contributed by atoms with Crippen LogP contribution < -0.4 is 0 Å². The summed E-state index contributed by atoms with van der Waals surface area (Å²) < 4.78 is 16.1. The first-order valence-corrected chi connectivity index (χ1v) is 9.16. The first-order chi connectivity index (χ1) is 12.5. The molecule has 26 heavy (non-hydrogen) atoms. The van der Waals surface area contributed by atoms with Crippen LogP contribution in [0.5, 0.6) is 0 Å². The van der Waals surface area contributed by atoms with Crippen molar-refractivity contribution < 1.29 is 9.18 Å². The summed E-state index contributed by atoms with van der Waals surface area (Å²) in [5.41, 5.74) is 2.79. The van der Waals surface area contributed by atoms with E-state index in [0.717, 1.165) is 21.3 Å². The second-order valence-electron chi connectivity index (χ2n) is 6.44. The van der Waals surface area contributed by atoms with Gasteiger partial charge in [0.15, 0.2) is 0 Å². The summed E-state index contributed by atoms with van der Waals surface area (Å²) in [7, 11) is 0. The van der Waals surface area contributed by atoms with Gasteiger partial charge in [-0.2, -0.15) is 0 Å². The predicted octanol–water partition coefficient (Wildman–Crippen LogP) is 4.48. The Balaban J connectivity index is 1.73. The number of halogens is 2. The standard InChI is InChI=1S/C20H17BrFN3O/c1-13(14-4-8-17(22)9-5-14)24-11-18-10-23-12-25(18)19(20(24)26)15-2-6-16(21)7-3-15/h2-10,12-13,19H,11H2,1H3. The predicted molar refractivity (Wildman–Crippen MR) is 99.9 cm³/mol. The Morgan fingerprint density at radius 3 is 2.54 bits per heavy atom. The van der Waals surface area contributed by atoms with Crippen molar-refractivity contribution in [1.82, 2.24) is 14.5 Å². The van der Waals surface area contributed by atoms with Gasteiger partial charge < -0.3 is 9.47 Å². The Morgan fingerprint density at radius 2 is 1.85 bits per heavy atom. The van der Waals surface area contributed by atoms with E-state index in [1.165, 1.54) is 12.1 Å². The maximum Gasteiger partial charge on any atom is 0.251 e. The van der Waals surface area contributed by atoms with Crippen LogP contribution in [0.3, 0.4) is 0 Å². The number of carbonyl (C=O) groups is 1. The van der Waals surface area contributed by atoms with Crippen molar-refractivity contribution in [3.8, 4) is 0 Å². The number of aromatic nitrogens is 2. The van der Waals surface area contributed by atoms with E-state index >= 15 is 0 Å². The van der Waals surface area contributed by atoms with Crippen molar-refractivity contribution in [3.63, 3.8) is 0 Å². The lowest BCUT2D eigenvalue weighted by atomic mass is 9.99. The zero-order chi connectivity index (χ0) is 18.3. The molecule has 0 bridgehead atoms. The highest BCUT2D eigenvalue weighted by Crippen LogP contribution is 2.34. The minimum Gasteiger partial charge on any atom is -0.328 e. The number of carbonyl (C=O) groups excluding carboxylic acids is 1. The normalized spacial score (nSPS) is 17.9. The fourth-order valence-electron chi connectivity index (χ4n) is 3.41.